The van der Waals surface area contributed by atoms with Crippen molar-refractivity contribution in [2.75, 3.05) is 6.54 Å². The Hall–Kier alpha value is -1.17. The van der Waals surface area contributed by atoms with Gasteiger partial charge in [0.2, 0.25) is 5.91 Å². The van der Waals surface area contributed by atoms with Crippen LogP contribution in [0.4, 0.5) is 0 Å². The van der Waals surface area contributed by atoms with E-state index in [1.54, 1.807) is 17.4 Å². The summed E-state index contributed by atoms with van der Waals surface area (Å²) >= 11 is 1.62. The number of nitrogens with one attached hydrogen (secondary N) is 1. The van der Waals surface area contributed by atoms with Gasteiger partial charge in [0.05, 0.1) is 12.2 Å². The summed E-state index contributed by atoms with van der Waals surface area (Å²) in [5, 5.41) is 24.6. The summed E-state index contributed by atoms with van der Waals surface area (Å²) in [5.41, 5.74) is 1.18. The van der Waals surface area contributed by atoms with Crippen molar-refractivity contribution in [3.63, 3.8) is 0 Å². The molecule has 0 aliphatic heterocycles. The van der Waals surface area contributed by atoms with Crippen molar-refractivity contribution >= 4 is 23.3 Å². The van der Waals surface area contributed by atoms with E-state index in [1.165, 1.54) is 5.56 Å². The van der Waals surface area contributed by atoms with Gasteiger partial charge in [-0.05, 0) is 60.6 Å². The van der Waals surface area contributed by atoms with Crippen molar-refractivity contribution < 1.29 is 15.0 Å². The first-order valence-electron chi connectivity index (χ1n) is 7.42. The Labute approximate surface area is 128 Å². The van der Waals surface area contributed by atoms with Crippen LogP contribution in [0, 0.1) is 24.7 Å². The molecule has 5 atom stereocenters. The number of carbonyl (C=O) groups is 1. The topological polar surface area (TPSA) is 69.6 Å². The van der Waals surface area contributed by atoms with Crippen molar-refractivity contribution in [2.45, 2.75) is 32.0 Å². The van der Waals surface area contributed by atoms with Gasteiger partial charge < -0.3 is 15.5 Å². The van der Waals surface area contributed by atoms with Gasteiger partial charge >= 0.3 is 0 Å². The Morgan fingerprint density at radius 3 is 2.86 bits per heavy atom. The SMILES string of the molecule is Cc1ccsc1/C=C/C(=O)NC[C@@H]1C[C@H]2C[C@@H]1[C@H](O)[C@@H]2O. The van der Waals surface area contributed by atoms with Gasteiger partial charge in [0.15, 0.2) is 0 Å². The van der Waals surface area contributed by atoms with Crippen LogP contribution in [-0.4, -0.2) is 34.9 Å². The first kappa shape index (κ1) is 14.8. The van der Waals surface area contributed by atoms with Gasteiger partial charge in [-0.15, -0.1) is 11.3 Å². The maximum Gasteiger partial charge on any atom is 0.244 e. The number of hydrogen-bond donors (Lipinski definition) is 3. The van der Waals surface area contributed by atoms with Gasteiger partial charge in [-0.2, -0.15) is 0 Å². The number of aliphatic hydroxyl groups is 2. The molecule has 1 heterocycles. The minimum Gasteiger partial charge on any atom is -0.390 e. The molecule has 1 aromatic heterocycles. The van der Waals surface area contributed by atoms with E-state index in [2.05, 4.69) is 5.32 Å². The zero-order chi connectivity index (χ0) is 15.0. The highest BCUT2D eigenvalue weighted by Gasteiger charge is 2.51. The molecule has 0 saturated heterocycles. The third-order valence-electron chi connectivity index (χ3n) is 4.88. The highest BCUT2D eigenvalue weighted by atomic mass is 32.1. The van der Waals surface area contributed by atoms with Gasteiger partial charge in [0.1, 0.15) is 0 Å². The Bertz CT molecular complexity index is 551. The first-order chi connectivity index (χ1) is 10.1. The second kappa shape index (κ2) is 5.91. The molecule has 0 unspecified atom stereocenters. The maximum atomic E-state index is 11.9. The van der Waals surface area contributed by atoms with E-state index in [9.17, 15) is 15.0 Å². The lowest BCUT2D eigenvalue weighted by molar-refractivity contribution is -0.117. The second-order valence-electron chi connectivity index (χ2n) is 6.18. The lowest BCUT2D eigenvalue weighted by atomic mass is 9.85. The van der Waals surface area contributed by atoms with E-state index in [0.717, 1.165) is 17.7 Å². The van der Waals surface area contributed by atoms with Crippen molar-refractivity contribution in [2.24, 2.45) is 17.8 Å². The van der Waals surface area contributed by atoms with Crippen LogP contribution >= 0.6 is 11.3 Å². The smallest absolute Gasteiger partial charge is 0.244 e. The lowest BCUT2D eigenvalue weighted by Crippen LogP contribution is -2.40. The third kappa shape index (κ3) is 2.91. The molecule has 2 saturated carbocycles. The van der Waals surface area contributed by atoms with Crippen molar-refractivity contribution in [1.29, 1.82) is 0 Å². The zero-order valence-corrected chi connectivity index (χ0v) is 12.8. The van der Waals surface area contributed by atoms with E-state index in [-0.39, 0.29) is 23.7 Å². The lowest BCUT2D eigenvalue weighted by Gasteiger charge is -2.29. The quantitative estimate of drug-likeness (QED) is 0.740. The largest absolute Gasteiger partial charge is 0.390 e. The fourth-order valence-electron chi connectivity index (χ4n) is 3.66. The summed E-state index contributed by atoms with van der Waals surface area (Å²) in [4.78, 5) is 13.0. The monoisotopic (exact) mass is 307 g/mol. The molecule has 5 heteroatoms. The third-order valence-corrected chi connectivity index (χ3v) is 5.87. The molecule has 2 fully saturated rings. The molecule has 3 rings (SSSR count). The Morgan fingerprint density at radius 2 is 2.24 bits per heavy atom. The van der Waals surface area contributed by atoms with Crippen LogP contribution in [0.1, 0.15) is 23.3 Å². The molecule has 1 aromatic rings. The average Bonchev–Trinajstić information content (AvgIpc) is 3.13. The Balaban J connectivity index is 1.49. The number of fused-ring (bicyclic) bond motifs is 2. The Morgan fingerprint density at radius 1 is 1.43 bits per heavy atom. The van der Waals surface area contributed by atoms with Crippen molar-refractivity contribution in [1.82, 2.24) is 5.32 Å². The molecule has 0 spiro atoms. The minimum atomic E-state index is -0.616. The predicted molar refractivity (Wildman–Crippen MR) is 82.8 cm³/mol. The summed E-state index contributed by atoms with van der Waals surface area (Å²) in [6.45, 7) is 2.60. The summed E-state index contributed by atoms with van der Waals surface area (Å²) in [6.07, 6.45) is 4.01. The summed E-state index contributed by atoms with van der Waals surface area (Å²) in [5.74, 6) is 0.528. The summed E-state index contributed by atoms with van der Waals surface area (Å²) in [7, 11) is 0. The van der Waals surface area contributed by atoms with Crippen molar-refractivity contribution in [3.8, 4) is 0 Å². The number of carbonyl (C=O) groups excluding carboxylic acids is 1. The molecule has 3 N–H and O–H groups in total. The molecular formula is C16H21NO3S. The fourth-order valence-corrected chi connectivity index (χ4v) is 4.48. The van der Waals surface area contributed by atoms with Crippen LogP contribution in [0.5, 0.6) is 0 Å². The van der Waals surface area contributed by atoms with Gasteiger partial charge in [-0.3, -0.25) is 4.79 Å². The average molecular weight is 307 g/mol. The van der Waals surface area contributed by atoms with Crippen molar-refractivity contribution in [3.05, 3.63) is 28.0 Å². The number of rotatable bonds is 4. The molecule has 2 aliphatic rings. The normalized spacial score (nSPS) is 34.7. The molecule has 0 aromatic carbocycles. The minimum absolute atomic E-state index is 0.0967. The maximum absolute atomic E-state index is 11.9. The first-order valence-corrected chi connectivity index (χ1v) is 8.30. The highest BCUT2D eigenvalue weighted by Crippen LogP contribution is 2.48. The zero-order valence-electron chi connectivity index (χ0n) is 12.0. The van der Waals surface area contributed by atoms with Crippen LogP contribution in [0.25, 0.3) is 6.08 Å². The molecule has 114 valence electrons. The molecule has 2 aliphatic carbocycles. The standard InChI is InChI=1S/C16H21NO3S/c1-9-4-5-21-13(9)2-3-14(18)17-8-11-6-10-7-12(11)16(20)15(10)19/h2-5,10-12,15-16,19-20H,6-8H2,1H3,(H,17,18)/b3-2+/t10-,11-,12-,15+,16-/m0/s1. The summed E-state index contributed by atoms with van der Waals surface area (Å²) in [6, 6.07) is 2.03. The van der Waals surface area contributed by atoms with Crippen LogP contribution < -0.4 is 5.32 Å². The summed E-state index contributed by atoms with van der Waals surface area (Å²) < 4.78 is 0. The molecule has 0 radical (unpaired) electrons. The number of amides is 1. The molecule has 2 bridgehead atoms. The van der Waals surface area contributed by atoms with E-state index in [1.807, 2.05) is 24.4 Å². The predicted octanol–water partition coefficient (Wildman–Crippen LogP) is 1.56. The highest BCUT2D eigenvalue weighted by molar-refractivity contribution is 7.11. The van der Waals surface area contributed by atoms with E-state index >= 15 is 0 Å². The van der Waals surface area contributed by atoms with Gasteiger partial charge in [0, 0.05) is 17.5 Å². The fraction of sp³-hybridized carbons (Fsp3) is 0.562. The number of thiophene rings is 1. The molecule has 1 amide bonds. The van der Waals surface area contributed by atoms with Crippen LogP contribution in [0.3, 0.4) is 0 Å². The van der Waals surface area contributed by atoms with Crippen LogP contribution in [-0.2, 0) is 4.79 Å². The number of aryl methyl sites for hydroxylation is 1. The van der Waals surface area contributed by atoms with E-state index in [0.29, 0.717) is 6.54 Å². The molecular weight excluding hydrogens is 286 g/mol. The molecule has 4 nitrogen and oxygen atoms in total. The number of hydrogen-bond acceptors (Lipinski definition) is 4. The second-order valence-corrected chi connectivity index (χ2v) is 7.13. The van der Waals surface area contributed by atoms with Crippen LogP contribution in [0.2, 0.25) is 0 Å². The Kier molecular flexibility index (Phi) is 4.15. The van der Waals surface area contributed by atoms with Gasteiger partial charge in [-0.25, -0.2) is 0 Å². The van der Waals surface area contributed by atoms with Gasteiger partial charge in [0.25, 0.3) is 0 Å². The molecule has 21 heavy (non-hydrogen) atoms. The van der Waals surface area contributed by atoms with E-state index < -0.39 is 12.2 Å². The van der Waals surface area contributed by atoms with Crippen LogP contribution in [0.15, 0.2) is 17.5 Å². The van der Waals surface area contributed by atoms with Gasteiger partial charge in [-0.1, -0.05) is 0 Å². The van der Waals surface area contributed by atoms with E-state index in [4.69, 9.17) is 0 Å². The number of aliphatic hydroxyl groups excluding tert-OH is 2.